The first-order chi connectivity index (χ1) is 5.66. The molecule has 0 heterocycles. The molecule has 0 aliphatic heterocycles. The van der Waals surface area contributed by atoms with Crippen molar-refractivity contribution in [3.05, 3.63) is 0 Å². The normalized spacial score (nSPS) is 16.0. The van der Waals surface area contributed by atoms with E-state index in [1.807, 2.05) is 0 Å². The summed E-state index contributed by atoms with van der Waals surface area (Å²) < 4.78 is 4.90. The van der Waals surface area contributed by atoms with Gasteiger partial charge in [-0.05, 0) is 19.8 Å². The second-order valence-corrected chi connectivity index (χ2v) is 2.88. The van der Waals surface area contributed by atoms with Gasteiger partial charge in [0.05, 0.1) is 32.0 Å². The number of hydrogen-bond acceptors (Lipinski definition) is 4. The zero-order chi connectivity index (χ0) is 9.40. The molecule has 0 aliphatic rings. The maximum atomic E-state index is 9.21. The van der Waals surface area contributed by atoms with Crippen LogP contribution in [0.4, 0.5) is 0 Å². The first-order valence-electron chi connectivity index (χ1n) is 4.21. The molecule has 0 spiro atoms. The standard InChI is InChI=1S/C8H18O4/c1-7(10)2-3-8(11)6-12-5-4-9/h7-11H,2-6H2,1H3. The van der Waals surface area contributed by atoms with Crippen LogP contribution >= 0.6 is 0 Å². The molecule has 0 aromatic carbocycles. The van der Waals surface area contributed by atoms with E-state index >= 15 is 0 Å². The third kappa shape index (κ3) is 7.94. The highest BCUT2D eigenvalue weighted by Gasteiger charge is 2.05. The number of hydrogen-bond donors (Lipinski definition) is 3. The molecule has 0 radical (unpaired) electrons. The number of aliphatic hydroxyl groups excluding tert-OH is 3. The highest BCUT2D eigenvalue weighted by Crippen LogP contribution is 2.01. The molecule has 0 saturated carbocycles. The second-order valence-electron chi connectivity index (χ2n) is 2.88. The van der Waals surface area contributed by atoms with Crippen molar-refractivity contribution in [1.82, 2.24) is 0 Å². The highest BCUT2D eigenvalue weighted by molar-refractivity contribution is 4.56. The average Bonchev–Trinajstić information content (AvgIpc) is 2.01. The van der Waals surface area contributed by atoms with Crippen LogP contribution in [0.5, 0.6) is 0 Å². The van der Waals surface area contributed by atoms with Crippen LogP contribution in [0.25, 0.3) is 0 Å². The molecule has 4 nitrogen and oxygen atoms in total. The summed E-state index contributed by atoms with van der Waals surface area (Å²) in [6.45, 7) is 2.14. The Morgan fingerprint density at radius 3 is 2.42 bits per heavy atom. The van der Waals surface area contributed by atoms with Crippen molar-refractivity contribution in [3.63, 3.8) is 0 Å². The van der Waals surface area contributed by atoms with Crippen molar-refractivity contribution >= 4 is 0 Å². The van der Waals surface area contributed by atoms with Crippen LogP contribution < -0.4 is 0 Å². The Morgan fingerprint density at radius 2 is 1.92 bits per heavy atom. The maximum absolute atomic E-state index is 9.21. The van der Waals surface area contributed by atoms with Crippen molar-refractivity contribution in [2.45, 2.75) is 32.0 Å². The number of rotatable bonds is 7. The summed E-state index contributed by atoms with van der Waals surface area (Å²) in [6.07, 6.45) is 0.191. The third-order valence-corrected chi connectivity index (χ3v) is 1.46. The summed E-state index contributed by atoms with van der Waals surface area (Å²) in [5.41, 5.74) is 0. The largest absolute Gasteiger partial charge is 0.394 e. The molecule has 0 bridgehead atoms. The molecule has 2 atom stereocenters. The fourth-order valence-corrected chi connectivity index (χ4v) is 0.801. The van der Waals surface area contributed by atoms with Crippen LogP contribution in [0.3, 0.4) is 0 Å². The lowest BCUT2D eigenvalue weighted by Gasteiger charge is -2.11. The molecule has 0 aromatic rings. The SMILES string of the molecule is CC(O)CCC(O)COCCO. The molecule has 0 fully saturated rings. The van der Waals surface area contributed by atoms with Crippen LogP contribution in [-0.2, 0) is 4.74 Å². The van der Waals surface area contributed by atoms with E-state index in [9.17, 15) is 5.11 Å². The van der Waals surface area contributed by atoms with Gasteiger partial charge in [-0.25, -0.2) is 0 Å². The Balaban J connectivity index is 3.15. The Kier molecular flexibility index (Phi) is 7.39. The zero-order valence-electron chi connectivity index (χ0n) is 7.44. The highest BCUT2D eigenvalue weighted by atomic mass is 16.5. The van der Waals surface area contributed by atoms with Gasteiger partial charge in [0.1, 0.15) is 0 Å². The predicted octanol–water partition coefficient (Wildman–Crippen LogP) is -0.483. The van der Waals surface area contributed by atoms with Gasteiger partial charge in [-0.1, -0.05) is 0 Å². The van der Waals surface area contributed by atoms with Crippen molar-refractivity contribution in [3.8, 4) is 0 Å². The van der Waals surface area contributed by atoms with Gasteiger partial charge in [-0.15, -0.1) is 0 Å². The van der Waals surface area contributed by atoms with Gasteiger partial charge >= 0.3 is 0 Å². The molecule has 0 aliphatic carbocycles. The summed E-state index contributed by atoms with van der Waals surface area (Å²) in [7, 11) is 0. The van der Waals surface area contributed by atoms with Crippen LogP contribution in [0.1, 0.15) is 19.8 Å². The zero-order valence-corrected chi connectivity index (χ0v) is 7.44. The average molecular weight is 178 g/mol. The van der Waals surface area contributed by atoms with Gasteiger partial charge in [0, 0.05) is 0 Å². The van der Waals surface area contributed by atoms with Gasteiger partial charge < -0.3 is 20.1 Å². The number of aliphatic hydroxyl groups is 3. The molecule has 0 saturated heterocycles. The van der Waals surface area contributed by atoms with Crippen LogP contribution in [-0.4, -0.2) is 47.3 Å². The van der Waals surface area contributed by atoms with Crippen LogP contribution in [0.2, 0.25) is 0 Å². The van der Waals surface area contributed by atoms with Crippen molar-refractivity contribution in [2.75, 3.05) is 19.8 Å². The smallest absolute Gasteiger partial charge is 0.0774 e. The van der Waals surface area contributed by atoms with E-state index in [1.165, 1.54) is 0 Å². The molecule has 3 N–H and O–H groups in total. The lowest BCUT2D eigenvalue weighted by atomic mass is 10.1. The Morgan fingerprint density at radius 1 is 1.25 bits per heavy atom. The molecular weight excluding hydrogens is 160 g/mol. The predicted molar refractivity (Wildman–Crippen MR) is 44.8 cm³/mol. The molecule has 0 amide bonds. The monoisotopic (exact) mass is 178 g/mol. The molecule has 0 rings (SSSR count). The van der Waals surface area contributed by atoms with E-state index < -0.39 is 6.10 Å². The molecule has 4 heteroatoms. The van der Waals surface area contributed by atoms with Gasteiger partial charge in [-0.2, -0.15) is 0 Å². The van der Waals surface area contributed by atoms with E-state index in [0.29, 0.717) is 12.8 Å². The second kappa shape index (κ2) is 7.49. The summed E-state index contributed by atoms with van der Waals surface area (Å²) in [5, 5.41) is 26.4. The summed E-state index contributed by atoms with van der Waals surface area (Å²) >= 11 is 0. The fourth-order valence-electron chi connectivity index (χ4n) is 0.801. The van der Waals surface area contributed by atoms with E-state index in [0.717, 1.165) is 0 Å². The maximum Gasteiger partial charge on any atom is 0.0774 e. The first kappa shape index (κ1) is 11.8. The van der Waals surface area contributed by atoms with E-state index in [2.05, 4.69) is 0 Å². The van der Waals surface area contributed by atoms with Gasteiger partial charge in [0.15, 0.2) is 0 Å². The summed E-state index contributed by atoms with van der Waals surface area (Å²) in [5.74, 6) is 0. The van der Waals surface area contributed by atoms with E-state index in [1.54, 1.807) is 6.92 Å². The lowest BCUT2D eigenvalue weighted by molar-refractivity contribution is 0.0123. The minimum Gasteiger partial charge on any atom is -0.394 e. The van der Waals surface area contributed by atoms with Crippen molar-refractivity contribution in [1.29, 1.82) is 0 Å². The minimum atomic E-state index is -0.536. The summed E-state index contributed by atoms with van der Waals surface area (Å²) in [4.78, 5) is 0. The summed E-state index contributed by atoms with van der Waals surface area (Å²) in [6, 6.07) is 0. The molecular formula is C8H18O4. The van der Waals surface area contributed by atoms with Gasteiger partial charge in [-0.3, -0.25) is 0 Å². The molecule has 12 heavy (non-hydrogen) atoms. The van der Waals surface area contributed by atoms with Gasteiger partial charge in [0.2, 0.25) is 0 Å². The topological polar surface area (TPSA) is 69.9 Å². The number of ether oxygens (including phenoxy) is 1. The minimum absolute atomic E-state index is 0.0247. The van der Waals surface area contributed by atoms with Crippen LogP contribution in [0, 0.1) is 0 Å². The lowest BCUT2D eigenvalue weighted by Crippen LogP contribution is -2.18. The van der Waals surface area contributed by atoms with Crippen molar-refractivity contribution < 1.29 is 20.1 Å². The Bertz CT molecular complexity index is 95.1. The molecule has 2 unspecified atom stereocenters. The Labute approximate surface area is 72.8 Å². The molecule has 74 valence electrons. The van der Waals surface area contributed by atoms with E-state index in [4.69, 9.17) is 14.9 Å². The molecule has 0 aromatic heterocycles. The van der Waals surface area contributed by atoms with Crippen LogP contribution in [0.15, 0.2) is 0 Å². The van der Waals surface area contributed by atoms with Gasteiger partial charge in [0.25, 0.3) is 0 Å². The van der Waals surface area contributed by atoms with Crippen molar-refractivity contribution in [2.24, 2.45) is 0 Å². The first-order valence-corrected chi connectivity index (χ1v) is 4.21. The fraction of sp³-hybridized carbons (Fsp3) is 1.00. The van der Waals surface area contributed by atoms with E-state index in [-0.39, 0.29) is 25.9 Å². The Hall–Kier alpha value is -0.160. The third-order valence-electron chi connectivity index (χ3n) is 1.46. The quantitative estimate of drug-likeness (QED) is 0.460.